The average molecular weight is 540 g/mol. The van der Waals surface area contributed by atoms with Crippen LogP contribution in [-0.2, 0) is 30.4 Å². The van der Waals surface area contributed by atoms with Crippen LogP contribution < -0.4 is 20.1 Å². The third-order valence-corrected chi connectivity index (χ3v) is 6.76. The summed E-state index contributed by atoms with van der Waals surface area (Å²) in [5.41, 5.74) is 4.36. The Balaban J connectivity index is 1.47. The number of carbonyl (C=O) groups is 1. The van der Waals surface area contributed by atoms with Crippen LogP contribution in [0.4, 0.5) is 30.2 Å². The van der Waals surface area contributed by atoms with Crippen LogP contribution >= 0.6 is 0 Å². The monoisotopic (exact) mass is 539 g/mol. The van der Waals surface area contributed by atoms with E-state index in [-0.39, 0.29) is 12.2 Å². The van der Waals surface area contributed by atoms with Crippen LogP contribution in [0.15, 0.2) is 42.5 Å². The summed E-state index contributed by atoms with van der Waals surface area (Å²) < 4.78 is 50.9. The summed E-state index contributed by atoms with van der Waals surface area (Å²) >= 11 is 0. The number of alkyl halides is 3. The minimum atomic E-state index is -4.58. The number of halogens is 3. The number of rotatable bonds is 7. The number of hydrogen-bond donors (Lipinski definition) is 2. The number of benzene rings is 2. The number of hydrogen-bond acceptors (Lipinski definition) is 6. The third-order valence-electron chi connectivity index (χ3n) is 6.76. The van der Waals surface area contributed by atoms with E-state index < -0.39 is 17.8 Å². The SMILES string of the molecule is COc1ccc(Nc2c3c(nc4ccc(NC(=O)Cn5nc(C(F)(F)F)cc5C)cc24)CCCC3)cc1OC. The van der Waals surface area contributed by atoms with Crippen molar-refractivity contribution in [2.75, 3.05) is 24.9 Å². The van der Waals surface area contributed by atoms with E-state index in [2.05, 4.69) is 15.7 Å². The lowest BCUT2D eigenvalue weighted by Crippen LogP contribution is -2.21. The predicted octanol–water partition coefficient (Wildman–Crippen LogP) is 6.04. The van der Waals surface area contributed by atoms with Gasteiger partial charge in [0.1, 0.15) is 6.54 Å². The van der Waals surface area contributed by atoms with Crippen LogP contribution in [0.25, 0.3) is 10.9 Å². The maximum atomic E-state index is 13.0. The summed E-state index contributed by atoms with van der Waals surface area (Å²) in [7, 11) is 3.16. The number of carbonyl (C=O) groups excluding carboxylic acids is 1. The number of pyridine rings is 1. The quantitative estimate of drug-likeness (QED) is 0.298. The van der Waals surface area contributed by atoms with E-state index in [1.165, 1.54) is 6.92 Å². The lowest BCUT2D eigenvalue weighted by molar-refractivity contribution is -0.141. The van der Waals surface area contributed by atoms with Gasteiger partial charge in [0, 0.05) is 34.2 Å². The normalized spacial score (nSPS) is 13.2. The number of nitrogens with one attached hydrogen (secondary N) is 2. The second kappa shape index (κ2) is 10.5. The predicted molar refractivity (Wildman–Crippen MR) is 142 cm³/mol. The first-order valence-corrected chi connectivity index (χ1v) is 12.5. The van der Waals surface area contributed by atoms with Gasteiger partial charge in [-0.2, -0.15) is 18.3 Å². The number of aromatic nitrogens is 3. The highest BCUT2D eigenvalue weighted by molar-refractivity contribution is 6.00. The first-order valence-electron chi connectivity index (χ1n) is 12.5. The maximum Gasteiger partial charge on any atom is 0.435 e. The summed E-state index contributed by atoms with van der Waals surface area (Å²) in [6, 6.07) is 11.9. The number of aryl methyl sites for hydroxylation is 2. The maximum absolute atomic E-state index is 13.0. The number of amides is 1. The lowest BCUT2D eigenvalue weighted by Gasteiger charge is -2.22. The van der Waals surface area contributed by atoms with E-state index >= 15 is 0 Å². The smallest absolute Gasteiger partial charge is 0.435 e. The summed E-state index contributed by atoms with van der Waals surface area (Å²) in [6.07, 6.45) is -0.717. The Morgan fingerprint density at radius 3 is 2.46 bits per heavy atom. The molecule has 2 N–H and O–H groups in total. The summed E-state index contributed by atoms with van der Waals surface area (Å²) in [5, 5.41) is 10.7. The second-order valence-electron chi connectivity index (χ2n) is 9.42. The molecule has 39 heavy (non-hydrogen) atoms. The van der Waals surface area contributed by atoms with Gasteiger partial charge in [-0.15, -0.1) is 0 Å². The molecular formula is C28H28F3N5O3. The summed E-state index contributed by atoms with van der Waals surface area (Å²) in [5.74, 6) is 0.712. The molecule has 0 bridgehead atoms. The van der Waals surface area contributed by atoms with Crippen LogP contribution in [0.1, 0.15) is 35.5 Å². The van der Waals surface area contributed by atoms with Crippen LogP contribution in [-0.4, -0.2) is 34.9 Å². The fourth-order valence-corrected chi connectivity index (χ4v) is 4.85. The Labute approximate surface area is 223 Å². The van der Waals surface area contributed by atoms with E-state index in [0.717, 1.165) is 70.0 Å². The van der Waals surface area contributed by atoms with Gasteiger partial charge in [-0.25, -0.2) is 0 Å². The number of methoxy groups -OCH3 is 2. The molecule has 1 aliphatic carbocycles. The minimum Gasteiger partial charge on any atom is -0.493 e. The molecule has 1 aliphatic rings. The Morgan fingerprint density at radius 2 is 1.74 bits per heavy atom. The molecule has 0 fully saturated rings. The van der Waals surface area contributed by atoms with Gasteiger partial charge < -0.3 is 20.1 Å². The van der Waals surface area contributed by atoms with Crippen molar-refractivity contribution in [2.45, 2.75) is 45.3 Å². The van der Waals surface area contributed by atoms with Gasteiger partial charge in [0.05, 0.1) is 25.4 Å². The van der Waals surface area contributed by atoms with E-state index in [1.54, 1.807) is 20.3 Å². The zero-order valence-electron chi connectivity index (χ0n) is 21.8. The number of nitrogens with zero attached hydrogens (tertiary/aromatic N) is 3. The Bertz CT molecular complexity index is 1550. The zero-order chi connectivity index (χ0) is 27.7. The molecule has 8 nitrogen and oxygen atoms in total. The molecule has 0 aliphatic heterocycles. The topological polar surface area (TPSA) is 90.3 Å². The fourth-order valence-electron chi connectivity index (χ4n) is 4.85. The second-order valence-corrected chi connectivity index (χ2v) is 9.42. The van der Waals surface area contributed by atoms with E-state index in [1.807, 2.05) is 30.3 Å². The van der Waals surface area contributed by atoms with Crippen LogP contribution in [0, 0.1) is 6.92 Å². The molecule has 1 amide bonds. The van der Waals surface area contributed by atoms with Gasteiger partial charge in [0.15, 0.2) is 17.2 Å². The van der Waals surface area contributed by atoms with Gasteiger partial charge in [-0.1, -0.05) is 0 Å². The van der Waals surface area contributed by atoms with Gasteiger partial charge in [-0.3, -0.25) is 14.5 Å². The standard InChI is InChI=1S/C28H28F3N5O3/c1-16-12-25(28(29,30)31)35-36(16)15-26(37)32-17-8-10-22-20(13-17)27(19-6-4-5-7-21(19)34-22)33-18-9-11-23(38-2)24(14-18)39-3/h8-14H,4-7,15H2,1-3H3,(H,32,37)(H,33,34). The highest BCUT2D eigenvalue weighted by Crippen LogP contribution is 2.38. The van der Waals surface area contributed by atoms with Crippen LogP contribution in [0.5, 0.6) is 11.5 Å². The fraction of sp³-hybridized carbons (Fsp3) is 0.321. The molecule has 0 unspecified atom stereocenters. The van der Waals surface area contributed by atoms with Crippen molar-refractivity contribution in [2.24, 2.45) is 0 Å². The number of ether oxygens (including phenoxy) is 2. The van der Waals surface area contributed by atoms with Crippen molar-refractivity contribution in [3.8, 4) is 11.5 Å². The Morgan fingerprint density at radius 1 is 1.00 bits per heavy atom. The molecule has 0 saturated carbocycles. The Kier molecular flexibility index (Phi) is 7.07. The van der Waals surface area contributed by atoms with Crippen molar-refractivity contribution in [3.05, 3.63) is 65.1 Å². The molecule has 2 aromatic heterocycles. The number of fused-ring (bicyclic) bond motifs is 2. The van der Waals surface area contributed by atoms with Crippen molar-refractivity contribution >= 4 is 33.9 Å². The molecule has 0 spiro atoms. The lowest BCUT2D eigenvalue weighted by atomic mass is 9.92. The van der Waals surface area contributed by atoms with Crippen LogP contribution in [0.3, 0.4) is 0 Å². The third kappa shape index (κ3) is 5.47. The number of anilines is 3. The molecule has 2 heterocycles. The molecule has 0 atom stereocenters. The first-order chi connectivity index (χ1) is 18.7. The zero-order valence-corrected chi connectivity index (χ0v) is 21.8. The van der Waals surface area contributed by atoms with Crippen molar-refractivity contribution in [3.63, 3.8) is 0 Å². The minimum absolute atomic E-state index is 0.244. The average Bonchev–Trinajstić information content (AvgIpc) is 3.29. The van der Waals surface area contributed by atoms with Crippen molar-refractivity contribution in [1.82, 2.24) is 14.8 Å². The highest BCUT2D eigenvalue weighted by Gasteiger charge is 2.34. The first kappa shape index (κ1) is 26.3. The van der Waals surface area contributed by atoms with Gasteiger partial charge >= 0.3 is 6.18 Å². The summed E-state index contributed by atoms with van der Waals surface area (Å²) in [6.45, 7) is 1.13. The molecule has 0 saturated heterocycles. The highest BCUT2D eigenvalue weighted by atomic mass is 19.4. The summed E-state index contributed by atoms with van der Waals surface area (Å²) in [4.78, 5) is 17.6. The van der Waals surface area contributed by atoms with Crippen molar-refractivity contribution < 1.29 is 27.4 Å². The van der Waals surface area contributed by atoms with Gasteiger partial charge in [0.25, 0.3) is 0 Å². The van der Waals surface area contributed by atoms with E-state index in [4.69, 9.17) is 14.5 Å². The van der Waals surface area contributed by atoms with Gasteiger partial charge in [-0.05, 0) is 74.6 Å². The molecule has 11 heteroatoms. The van der Waals surface area contributed by atoms with E-state index in [9.17, 15) is 18.0 Å². The molecule has 0 radical (unpaired) electrons. The Hall–Kier alpha value is -4.28. The van der Waals surface area contributed by atoms with E-state index in [0.29, 0.717) is 17.2 Å². The van der Waals surface area contributed by atoms with Crippen molar-refractivity contribution in [1.29, 1.82) is 0 Å². The largest absolute Gasteiger partial charge is 0.493 e. The molecule has 5 rings (SSSR count). The van der Waals surface area contributed by atoms with Crippen LogP contribution in [0.2, 0.25) is 0 Å². The van der Waals surface area contributed by atoms with Gasteiger partial charge in [0.2, 0.25) is 5.91 Å². The molecular weight excluding hydrogens is 511 g/mol. The molecule has 4 aromatic rings. The molecule has 204 valence electrons. The molecule has 2 aromatic carbocycles.